The third-order valence-electron chi connectivity index (χ3n) is 3.59. The van der Waals surface area contributed by atoms with E-state index in [0.717, 1.165) is 0 Å². The van der Waals surface area contributed by atoms with E-state index in [2.05, 4.69) is 0 Å². The van der Waals surface area contributed by atoms with Crippen LogP contribution in [0, 0.1) is 5.92 Å². The monoisotopic (exact) mass is 292 g/mol. The van der Waals surface area contributed by atoms with Crippen molar-refractivity contribution in [2.75, 3.05) is 19.8 Å². The summed E-state index contributed by atoms with van der Waals surface area (Å²) in [6, 6.07) is 0. The Bertz CT molecular complexity index is 322. The molecule has 0 aromatic heterocycles. The van der Waals surface area contributed by atoms with E-state index in [0.29, 0.717) is 0 Å². The largest absolute Gasteiger partial charge is 0.466 e. The first-order chi connectivity index (χ1) is 9.35. The zero-order valence-electron chi connectivity index (χ0n) is 11.9. The Kier molecular flexibility index (Phi) is 6.35. The third kappa shape index (κ3) is 3.89. The molecule has 4 N–H and O–H groups in total. The predicted octanol–water partition coefficient (Wildman–Crippen LogP) is -1.19. The number of carbonyl (C=O) groups is 1. The average molecular weight is 292 g/mol. The molecular weight excluding hydrogens is 268 g/mol. The van der Waals surface area contributed by atoms with Crippen LogP contribution in [0.4, 0.5) is 0 Å². The Morgan fingerprint density at radius 3 is 2.70 bits per heavy atom. The van der Waals surface area contributed by atoms with E-state index in [1.54, 1.807) is 13.8 Å². The van der Waals surface area contributed by atoms with Crippen LogP contribution in [0.5, 0.6) is 0 Å². The molecule has 7 nitrogen and oxygen atoms in total. The highest BCUT2D eigenvalue weighted by atomic mass is 16.5. The van der Waals surface area contributed by atoms with Gasteiger partial charge in [0.05, 0.1) is 19.8 Å². The zero-order chi connectivity index (χ0) is 15.3. The molecule has 0 aromatic rings. The lowest BCUT2D eigenvalue weighted by Gasteiger charge is -2.45. The summed E-state index contributed by atoms with van der Waals surface area (Å²) in [5, 5.41) is 39.5. The highest BCUT2D eigenvalue weighted by molar-refractivity contribution is 5.69. The summed E-state index contributed by atoms with van der Waals surface area (Å²) < 4.78 is 9.87. The highest BCUT2D eigenvalue weighted by Crippen LogP contribution is 2.32. The SMILES string of the molecule is CCOC(=O)CC(C)C[C@@]1(O)[C@H](O)[C@@H](CO)OC[C@@H]1O. The van der Waals surface area contributed by atoms with Crippen LogP contribution in [0.2, 0.25) is 0 Å². The van der Waals surface area contributed by atoms with Crippen molar-refractivity contribution >= 4 is 5.97 Å². The summed E-state index contributed by atoms with van der Waals surface area (Å²) in [7, 11) is 0. The number of ether oxygens (including phenoxy) is 2. The number of rotatable bonds is 6. The first-order valence-corrected chi connectivity index (χ1v) is 6.81. The van der Waals surface area contributed by atoms with Crippen molar-refractivity contribution in [2.45, 2.75) is 50.6 Å². The van der Waals surface area contributed by atoms with Gasteiger partial charge >= 0.3 is 5.97 Å². The van der Waals surface area contributed by atoms with Crippen molar-refractivity contribution in [3.05, 3.63) is 0 Å². The Balaban J connectivity index is 2.67. The van der Waals surface area contributed by atoms with Crippen molar-refractivity contribution in [1.29, 1.82) is 0 Å². The average Bonchev–Trinajstić information content (AvgIpc) is 2.37. The topological polar surface area (TPSA) is 116 Å². The van der Waals surface area contributed by atoms with Gasteiger partial charge < -0.3 is 29.9 Å². The van der Waals surface area contributed by atoms with Crippen LogP contribution in [-0.4, -0.2) is 70.1 Å². The maximum Gasteiger partial charge on any atom is 0.306 e. The molecule has 1 fully saturated rings. The molecule has 0 saturated carbocycles. The molecule has 1 heterocycles. The van der Waals surface area contributed by atoms with E-state index in [1.807, 2.05) is 0 Å². The van der Waals surface area contributed by atoms with Gasteiger partial charge in [-0.1, -0.05) is 6.92 Å². The maximum atomic E-state index is 11.4. The second-order valence-electron chi connectivity index (χ2n) is 5.32. The Labute approximate surface area is 118 Å². The molecule has 0 amide bonds. The summed E-state index contributed by atoms with van der Waals surface area (Å²) in [5.41, 5.74) is -1.81. The van der Waals surface area contributed by atoms with Gasteiger partial charge in [0.2, 0.25) is 0 Å². The molecule has 20 heavy (non-hydrogen) atoms. The third-order valence-corrected chi connectivity index (χ3v) is 3.59. The molecule has 0 aliphatic carbocycles. The fraction of sp³-hybridized carbons (Fsp3) is 0.923. The molecule has 1 unspecified atom stereocenters. The molecule has 118 valence electrons. The van der Waals surface area contributed by atoms with Crippen LogP contribution >= 0.6 is 0 Å². The molecular formula is C13H24O7. The highest BCUT2D eigenvalue weighted by Gasteiger charge is 2.50. The van der Waals surface area contributed by atoms with Crippen molar-refractivity contribution < 1.29 is 34.7 Å². The van der Waals surface area contributed by atoms with Crippen LogP contribution in [0.15, 0.2) is 0 Å². The summed E-state index contributed by atoms with van der Waals surface area (Å²) >= 11 is 0. The molecule has 1 aliphatic heterocycles. The zero-order valence-corrected chi connectivity index (χ0v) is 11.9. The summed E-state index contributed by atoms with van der Waals surface area (Å²) in [5.74, 6) is -0.681. The molecule has 5 atom stereocenters. The van der Waals surface area contributed by atoms with Gasteiger partial charge in [-0.25, -0.2) is 0 Å². The fourth-order valence-electron chi connectivity index (χ4n) is 2.51. The second kappa shape index (κ2) is 7.33. The molecule has 0 radical (unpaired) electrons. The number of aliphatic hydroxyl groups excluding tert-OH is 3. The standard InChI is InChI=1S/C13H24O7/c1-3-19-11(16)4-8(2)5-13(18)10(15)7-20-9(6-14)12(13)17/h8-10,12,14-15,17-18H,3-7H2,1-2H3/t8?,9-,10+,12-,13+/m1/s1. The van der Waals surface area contributed by atoms with Gasteiger partial charge in [0, 0.05) is 6.42 Å². The minimum Gasteiger partial charge on any atom is -0.466 e. The molecule has 0 bridgehead atoms. The number of aliphatic hydroxyl groups is 4. The predicted molar refractivity (Wildman–Crippen MR) is 68.8 cm³/mol. The van der Waals surface area contributed by atoms with Gasteiger partial charge in [0.1, 0.15) is 23.9 Å². The fourth-order valence-corrected chi connectivity index (χ4v) is 2.51. The molecule has 1 aliphatic rings. The summed E-state index contributed by atoms with van der Waals surface area (Å²) in [6.07, 6.45) is -3.54. The first-order valence-electron chi connectivity index (χ1n) is 6.81. The van der Waals surface area contributed by atoms with E-state index >= 15 is 0 Å². The van der Waals surface area contributed by atoms with Crippen LogP contribution in [0.1, 0.15) is 26.7 Å². The molecule has 0 spiro atoms. The Hall–Kier alpha value is -0.730. The number of hydrogen-bond donors (Lipinski definition) is 4. The van der Waals surface area contributed by atoms with Gasteiger partial charge in [0.25, 0.3) is 0 Å². The smallest absolute Gasteiger partial charge is 0.306 e. The van der Waals surface area contributed by atoms with E-state index < -0.39 is 36.5 Å². The van der Waals surface area contributed by atoms with Gasteiger partial charge in [0.15, 0.2) is 0 Å². The number of esters is 1. The van der Waals surface area contributed by atoms with Crippen LogP contribution in [0.3, 0.4) is 0 Å². The maximum absolute atomic E-state index is 11.4. The van der Waals surface area contributed by atoms with Crippen LogP contribution in [-0.2, 0) is 14.3 Å². The lowest BCUT2D eigenvalue weighted by Crippen LogP contribution is -2.64. The van der Waals surface area contributed by atoms with Crippen molar-refractivity contribution in [3.63, 3.8) is 0 Å². The minimum absolute atomic E-state index is 0.00794. The Morgan fingerprint density at radius 2 is 2.15 bits per heavy atom. The minimum atomic E-state index is -1.81. The lowest BCUT2D eigenvalue weighted by atomic mass is 9.78. The molecule has 0 aromatic carbocycles. The normalized spacial score (nSPS) is 35.6. The van der Waals surface area contributed by atoms with E-state index in [-0.39, 0.29) is 32.0 Å². The van der Waals surface area contributed by atoms with Gasteiger partial charge in [-0.15, -0.1) is 0 Å². The summed E-state index contributed by atoms with van der Waals surface area (Å²) in [4.78, 5) is 11.4. The van der Waals surface area contributed by atoms with E-state index in [9.17, 15) is 20.1 Å². The Morgan fingerprint density at radius 1 is 1.50 bits per heavy atom. The van der Waals surface area contributed by atoms with E-state index in [4.69, 9.17) is 14.6 Å². The van der Waals surface area contributed by atoms with Crippen LogP contribution in [0.25, 0.3) is 0 Å². The first kappa shape index (κ1) is 17.3. The lowest BCUT2D eigenvalue weighted by molar-refractivity contribution is -0.252. The molecule has 1 saturated heterocycles. The van der Waals surface area contributed by atoms with Gasteiger partial charge in [-0.2, -0.15) is 0 Å². The van der Waals surface area contributed by atoms with Crippen molar-refractivity contribution in [3.8, 4) is 0 Å². The quantitative estimate of drug-likeness (QED) is 0.455. The van der Waals surface area contributed by atoms with Crippen molar-refractivity contribution in [1.82, 2.24) is 0 Å². The van der Waals surface area contributed by atoms with Gasteiger partial charge in [-0.05, 0) is 19.3 Å². The molecule has 7 heteroatoms. The van der Waals surface area contributed by atoms with E-state index in [1.165, 1.54) is 0 Å². The summed E-state index contributed by atoms with van der Waals surface area (Å²) in [6.45, 7) is 3.07. The molecule has 1 rings (SSSR count). The number of carbonyl (C=O) groups excluding carboxylic acids is 1. The van der Waals surface area contributed by atoms with Crippen LogP contribution < -0.4 is 0 Å². The van der Waals surface area contributed by atoms with Gasteiger partial charge in [-0.3, -0.25) is 4.79 Å². The second-order valence-corrected chi connectivity index (χ2v) is 5.32. The number of hydrogen-bond acceptors (Lipinski definition) is 7. The van der Waals surface area contributed by atoms with Crippen molar-refractivity contribution in [2.24, 2.45) is 5.92 Å².